The van der Waals surface area contributed by atoms with Gasteiger partial charge in [0.05, 0.1) is 6.61 Å². The summed E-state index contributed by atoms with van der Waals surface area (Å²) in [4.78, 5) is 0. The molecule has 0 radical (unpaired) electrons. The highest BCUT2D eigenvalue weighted by Gasteiger charge is 2.04. The zero-order valence-corrected chi connectivity index (χ0v) is 11.0. The molecule has 1 heterocycles. The van der Waals surface area contributed by atoms with Gasteiger partial charge in [-0.15, -0.1) is 0 Å². The maximum Gasteiger partial charge on any atom is 0.125 e. The summed E-state index contributed by atoms with van der Waals surface area (Å²) in [5.41, 5.74) is 7.75. The summed E-state index contributed by atoms with van der Waals surface area (Å²) in [7, 11) is 1.92. The van der Waals surface area contributed by atoms with E-state index in [0.29, 0.717) is 18.2 Å². The van der Waals surface area contributed by atoms with Gasteiger partial charge in [0, 0.05) is 42.5 Å². The molecule has 4 nitrogen and oxygen atoms in total. The number of rotatable bonds is 5. The quantitative estimate of drug-likeness (QED) is 0.901. The molecule has 2 aromatic rings. The Hall–Kier alpha value is -1.52. The first kappa shape index (κ1) is 12.9. The van der Waals surface area contributed by atoms with E-state index in [0.717, 1.165) is 23.4 Å². The minimum atomic E-state index is 0.443. The first-order valence-corrected chi connectivity index (χ1v) is 6.16. The first-order chi connectivity index (χ1) is 8.70. The average Bonchev–Trinajstić information content (AvgIpc) is 2.76. The normalized spacial score (nSPS) is 10.6. The molecule has 2 N–H and O–H groups in total. The zero-order chi connectivity index (χ0) is 13.0. The third kappa shape index (κ3) is 3.03. The molecule has 0 fully saturated rings. The van der Waals surface area contributed by atoms with E-state index in [2.05, 4.69) is 5.10 Å². The van der Waals surface area contributed by atoms with Gasteiger partial charge in [0.1, 0.15) is 5.75 Å². The Morgan fingerprint density at radius 3 is 2.89 bits per heavy atom. The molecule has 96 valence electrons. The maximum absolute atomic E-state index is 5.94. The molecule has 0 atom stereocenters. The molecule has 2 rings (SSSR count). The van der Waals surface area contributed by atoms with Gasteiger partial charge < -0.3 is 10.5 Å². The van der Waals surface area contributed by atoms with E-state index in [1.165, 1.54) is 0 Å². The van der Waals surface area contributed by atoms with Gasteiger partial charge in [0.2, 0.25) is 0 Å². The van der Waals surface area contributed by atoms with Crippen LogP contribution >= 0.6 is 11.6 Å². The van der Waals surface area contributed by atoms with Gasteiger partial charge in [-0.25, -0.2) is 0 Å². The van der Waals surface area contributed by atoms with Crippen LogP contribution in [0.15, 0.2) is 30.5 Å². The molecule has 0 aliphatic rings. The van der Waals surface area contributed by atoms with Gasteiger partial charge in [-0.2, -0.15) is 5.10 Å². The predicted octanol–water partition coefficient (Wildman–Crippen LogP) is 2.15. The van der Waals surface area contributed by atoms with Crippen molar-refractivity contribution in [3.63, 3.8) is 0 Å². The molecule has 0 unspecified atom stereocenters. The number of hydrogen-bond acceptors (Lipinski definition) is 3. The smallest absolute Gasteiger partial charge is 0.125 e. The van der Waals surface area contributed by atoms with Gasteiger partial charge in [0.25, 0.3) is 0 Å². The zero-order valence-electron chi connectivity index (χ0n) is 10.3. The van der Waals surface area contributed by atoms with E-state index in [-0.39, 0.29) is 0 Å². The van der Waals surface area contributed by atoms with Gasteiger partial charge >= 0.3 is 0 Å². The highest BCUT2D eigenvalue weighted by Crippen LogP contribution is 2.23. The molecule has 0 amide bonds. The van der Waals surface area contributed by atoms with Crippen molar-refractivity contribution in [2.75, 3.05) is 6.61 Å². The number of hydrogen-bond donors (Lipinski definition) is 1. The van der Waals surface area contributed by atoms with Crippen molar-refractivity contribution in [3.05, 3.63) is 46.7 Å². The van der Waals surface area contributed by atoms with Crippen LogP contribution in [0.3, 0.4) is 0 Å². The fourth-order valence-corrected chi connectivity index (χ4v) is 1.91. The van der Waals surface area contributed by atoms with E-state index in [9.17, 15) is 0 Å². The lowest BCUT2D eigenvalue weighted by molar-refractivity contribution is 0.315. The first-order valence-electron chi connectivity index (χ1n) is 5.79. The molecule has 1 aromatic heterocycles. The number of ether oxygens (including phenoxy) is 1. The minimum absolute atomic E-state index is 0.443. The van der Waals surface area contributed by atoms with Crippen molar-refractivity contribution in [2.24, 2.45) is 12.8 Å². The maximum atomic E-state index is 5.94. The standard InChI is InChI=1S/C13H16ClN3O/c1-17-12(4-6-16-17)5-7-18-13-8-11(14)3-2-10(13)9-15/h2-4,6,8H,5,7,9,15H2,1H3. The summed E-state index contributed by atoms with van der Waals surface area (Å²) in [5.74, 6) is 0.757. The van der Waals surface area contributed by atoms with Crippen molar-refractivity contribution in [2.45, 2.75) is 13.0 Å². The lowest BCUT2D eigenvalue weighted by Gasteiger charge is -2.10. The van der Waals surface area contributed by atoms with Crippen molar-refractivity contribution in [1.29, 1.82) is 0 Å². The lowest BCUT2D eigenvalue weighted by Crippen LogP contribution is -2.08. The summed E-state index contributed by atoms with van der Waals surface area (Å²) in [6.07, 6.45) is 2.58. The summed E-state index contributed by atoms with van der Waals surface area (Å²) >= 11 is 5.94. The van der Waals surface area contributed by atoms with E-state index >= 15 is 0 Å². The van der Waals surface area contributed by atoms with Gasteiger partial charge in [-0.3, -0.25) is 4.68 Å². The van der Waals surface area contributed by atoms with Crippen LogP contribution in [0.5, 0.6) is 5.75 Å². The van der Waals surface area contributed by atoms with Crippen molar-refractivity contribution in [3.8, 4) is 5.75 Å². The molecule has 1 aromatic carbocycles. The second kappa shape index (κ2) is 5.89. The number of nitrogens with two attached hydrogens (primary N) is 1. The SMILES string of the molecule is Cn1nccc1CCOc1cc(Cl)ccc1CN. The van der Waals surface area contributed by atoms with Crippen molar-refractivity contribution in [1.82, 2.24) is 9.78 Å². The largest absolute Gasteiger partial charge is 0.493 e. The number of halogens is 1. The van der Waals surface area contributed by atoms with Crippen LogP contribution in [0.25, 0.3) is 0 Å². The third-order valence-corrected chi connectivity index (χ3v) is 3.02. The summed E-state index contributed by atoms with van der Waals surface area (Å²) in [5, 5.41) is 4.77. The summed E-state index contributed by atoms with van der Waals surface area (Å²) < 4.78 is 7.57. The highest BCUT2D eigenvalue weighted by atomic mass is 35.5. The van der Waals surface area contributed by atoms with Crippen LogP contribution in [-0.4, -0.2) is 16.4 Å². The van der Waals surface area contributed by atoms with E-state index in [1.54, 1.807) is 12.3 Å². The topological polar surface area (TPSA) is 53.1 Å². The molecular weight excluding hydrogens is 250 g/mol. The Morgan fingerprint density at radius 1 is 1.39 bits per heavy atom. The molecule has 0 aliphatic heterocycles. The third-order valence-electron chi connectivity index (χ3n) is 2.79. The number of aromatic nitrogens is 2. The van der Waals surface area contributed by atoms with Crippen LogP contribution in [0, 0.1) is 0 Å². The fourth-order valence-electron chi connectivity index (χ4n) is 1.74. The molecule has 18 heavy (non-hydrogen) atoms. The Balaban J connectivity index is 1.98. The lowest BCUT2D eigenvalue weighted by atomic mass is 10.2. The average molecular weight is 266 g/mol. The van der Waals surface area contributed by atoms with Gasteiger partial charge in [0.15, 0.2) is 0 Å². The predicted molar refractivity (Wildman–Crippen MR) is 71.8 cm³/mol. The molecule has 5 heteroatoms. The van der Waals surface area contributed by atoms with E-state index < -0.39 is 0 Å². The van der Waals surface area contributed by atoms with Crippen LogP contribution in [0.4, 0.5) is 0 Å². The molecule has 0 aliphatic carbocycles. The number of benzene rings is 1. The molecule has 0 saturated heterocycles. The Bertz CT molecular complexity index is 525. The van der Waals surface area contributed by atoms with Gasteiger partial charge in [-0.1, -0.05) is 17.7 Å². The molecule has 0 spiro atoms. The Morgan fingerprint density at radius 2 is 2.22 bits per heavy atom. The summed E-state index contributed by atoms with van der Waals surface area (Å²) in [6, 6.07) is 7.48. The van der Waals surface area contributed by atoms with Crippen LogP contribution in [0.1, 0.15) is 11.3 Å². The summed E-state index contributed by atoms with van der Waals surface area (Å²) in [6.45, 7) is 1.02. The highest BCUT2D eigenvalue weighted by molar-refractivity contribution is 6.30. The van der Waals surface area contributed by atoms with Crippen LogP contribution in [-0.2, 0) is 20.0 Å². The van der Waals surface area contributed by atoms with E-state index in [1.807, 2.05) is 29.9 Å². The fraction of sp³-hybridized carbons (Fsp3) is 0.308. The van der Waals surface area contributed by atoms with Crippen LogP contribution in [0.2, 0.25) is 5.02 Å². The van der Waals surface area contributed by atoms with Gasteiger partial charge in [-0.05, 0) is 18.2 Å². The minimum Gasteiger partial charge on any atom is -0.493 e. The Labute approximate surface area is 111 Å². The number of aryl methyl sites for hydroxylation is 1. The molecule has 0 saturated carbocycles. The molecule has 0 bridgehead atoms. The molecular formula is C13H16ClN3O. The second-order valence-corrected chi connectivity index (χ2v) is 4.44. The number of nitrogens with zero attached hydrogens (tertiary/aromatic N) is 2. The second-order valence-electron chi connectivity index (χ2n) is 4.00. The Kier molecular flexibility index (Phi) is 4.23. The monoisotopic (exact) mass is 265 g/mol. The van der Waals surface area contributed by atoms with E-state index in [4.69, 9.17) is 22.1 Å². The van der Waals surface area contributed by atoms with Crippen LogP contribution < -0.4 is 10.5 Å². The van der Waals surface area contributed by atoms with Crippen molar-refractivity contribution < 1.29 is 4.74 Å². The van der Waals surface area contributed by atoms with Crippen molar-refractivity contribution >= 4 is 11.6 Å².